The van der Waals surface area contributed by atoms with Gasteiger partial charge in [0.2, 0.25) is 5.13 Å². The SMILES string of the molecule is CN(C)c1ccc(N=Nc2nc(Cl)c(/C=C(\C#N)c3nc4ccccc4[nH]3)s2)cc1. The number of imidazole rings is 1. The first-order valence-electron chi connectivity index (χ1n) is 8.96. The van der Waals surface area contributed by atoms with Gasteiger partial charge in [-0.25, -0.2) is 9.97 Å². The lowest BCUT2D eigenvalue weighted by atomic mass is 10.2. The number of benzene rings is 2. The number of aromatic nitrogens is 3. The highest BCUT2D eigenvalue weighted by atomic mass is 35.5. The fourth-order valence-corrected chi connectivity index (χ4v) is 3.74. The first-order valence-corrected chi connectivity index (χ1v) is 10.2. The minimum Gasteiger partial charge on any atom is -0.378 e. The maximum atomic E-state index is 9.59. The summed E-state index contributed by atoms with van der Waals surface area (Å²) in [5.41, 5.74) is 3.80. The third kappa shape index (κ3) is 4.22. The second-order valence-electron chi connectivity index (χ2n) is 6.53. The van der Waals surface area contributed by atoms with E-state index in [0.29, 0.717) is 27.1 Å². The average molecular weight is 434 g/mol. The number of nitrogens with one attached hydrogen (secondary N) is 1. The fraction of sp³-hybridized carbons (Fsp3) is 0.0952. The molecule has 0 amide bonds. The maximum absolute atomic E-state index is 9.59. The standard InChI is InChI=1S/C21H16ClN7S/c1-29(2)15-9-7-14(8-10-15)27-28-21-26-19(22)18(30-21)11-13(12-23)20-24-16-5-3-4-6-17(16)25-20/h3-11H,1-2H3,(H,24,25)/b13-11+,28-27?. The van der Waals surface area contributed by atoms with E-state index in [2.05, 4.69) is 31.2 Å². The number of thiazole rings is 1. The molecule has 0 bridgehead atoms. The van der Waals surface area contributed by atoms with Gasteiger partial charge in [-0.3, -0.25) is 0 Å². The number of halogens is 1. The van der Waals surface area contributed by atoms with Gasteiger partial charge in [-0.2, -0.15) is 5.26 Å². The highest BCUT2D eigenvalue weighted by Gasteiger charge is 2.12. The summed E-state index contributed by atoms with van der Waals surface area (Å²) < 4.78 is 0. The van der Waals surface area contributed by atoms with Gasteiger partial charge in [-0.15, -0.1) is 10.2 Å². The van der Waals surface area contributed by atoms with Crippen LogP contribution in [0.1, 0.15) is 10.7 Å². The van der Waals surface area contributed by atoms with Crippen LogP contribution in [0.5, 0.6) is 0 Å². The number of anilines is 1. The van der Waals surface area contributed by atoms with E-state index in [4.69, 9.17) is 11.6 Å². The zero-order valence-electron chi connectivity index (χ0n) is 16.2. The lowest BCUT2D eigenvalue weighted by Gasteiger charge is -2.11. The van der Waals surface area contributed by atoms with Crippen LogP contribution in [0.4, 0.5) is 16.5 Å². The summed E-state index contributed by atoms with van der Waals surface area (Å²) in [6.07, 6.45) is 1.66. The van der Waals surface area contributed by atoms with Crippen molar-refractivity contribution in [1.29, 1.82) is 5.26 Å². The molecule has 0 fully saturated rings. The van der Waals surface area contributed by atoms with Crippen molar-refractivity contribution >= 4 is 62.1 Å². The van der Waals surface area contributed by atoms with Gasteiger partial charge in [0, 0.05) is 19.8 Å². The number of H-pyrrole nitrogens is 1. The molecule has 0 unspecified atom stereocenters. The Balaban J connectivity index is 1.58. The van der Waals surface area contributed by atoms with Crippen molar-refractivity contribution in [3.8, 4) is 6.07 Å². The first-order chi connectivity index (χ1) is 14.5. The lowest BCUT2D eigenvalue weighted by molar-refractivity contribution is 1.13. The molecule has 4 aromatic rings. The molecule has 2 aromatic carbocycles. The summed E-state index contributed by atoms with van der Waals surface area (Å²) >= 11 is 7.51. The molecule has 2 heterocycles. The smallest absolute Gasteiger partial charge is 0.231 e. The number of rotatable bonds is 5. The molecule has 0 aliphatic carbocycles. The lowest BCUT2D eigenvalue weighted by Crippen LogP contribution is -2.07. The molecule has 0 atom stereocenters. The number of para-hydroxylation sites is 2. The van der Waals surface area contributed by atoms with Crippen LogP contribution in [-0.4, -0.2) is 29.0 Å². The molecule has 0 saturated heterocycles. The minimum absolute atomic E-state index is 0.265. The van der Waals surface area contributed by atoms with E-state index in [0.717, 1.165) is 16.7 Å². The van der Waals surface area contributed by atoms with E-state index in [9.17, 15) is 5.26 Å². The van der Waals surface area contributed by atoms with E-state index in [1.54, 1.807) is 6.08 Å². The first kappa shape index (κ1) is 19.8. The number of hydrogen-bond acceptors (Lipinski definition) is 7. The normalized spacial score (nSPS) is 11.9. The number of fused-ring (bicyclic) bond motifs is 1. The van der Waals surface area contributed by atoms with Crippen LogP contribution in [0, 0.1) is 11.3 Å². The number of hydrogen-bond donors (Lipinski definition) is 1. The molecule has 0 radical (unpaired) electrons. The second-order valence-corrected chi connectivity index (χ2v) is 7.90. The Morgan fingerprint density at radius 2 is 1.90 bits per heavy atom. The summed E-state index contributed by atoms with van der Waals surface area (Å²) in [7, 11) is 3.95. The molecular weight excluding hydrogens is 418 g/mol. The van der Waals surface area contributed by atoms with Crippen LogP contribution in [0.15, 0.2) is 58.8 Å². The zero-order chi connectivity index (χ0) is 21.1. The van der Waals surface area contributed by atoms with Crippen molar-refractivity contribution in [2.45, 2.75) is 0 Å². The Morgan fingerprint density at radius 3 is 2.60 bits per heavy atom. The molecule has 4 rings (SSSR count). The Labute approximate surface area is 182 Å². The van der Waals surface area contributed by atoms with Crippen molar-refractivity contribution in [2.75, 3.05) is 19.0 Å². The molecule has 0 aliphatic rings. The van der Waals surface area contributed by atoms with Gasteiger partial charge in [-0.05, 0) is 42.5 Å². The van der Waals surface area contributed by atoms with Gasteiger partial charge in [0.1, 0.15) is 17.0 Å². The van der Waals surface area contributed by atoms with Gasteiger partial charge in [0.05, 0.1) is 27.2 Å². The molecule has 1 N–H and O–H groups in total. The summed E-state index contributed by atoms with van der Waals surface area (Å²) in [6.45, 7) is 0. The largest absolute Gasteiger partial charge is 0.378 e. The van der Waals surface area contributed by atoms with Gasteiger partial charge < -0.3 is 9.88 Å². The highest BCUT2D eigenvalue weighted by molar-refractivity contribution is 7.16. The predicted molar refractivity (Wildman–Crippen MR) is 122 cm³/mol. The van der Waals surface area contributed by atoms with E-state index in [1.807, 2.05) is 67.5 Å². The fourth-order valence-electron chi connectivity index (χ4n) is 2.72. The molecule has 0 aliphatic heterocycles. The average Bonchev–Trinajstić information content (AvgIpc) is 3.33. The van der Waals surface area contributed by atoms with Crippen molar-refractivity contribution < 1.29 is 0 Å². The van der Waals surface area contributed by atoms with E-state index in [1.165, 1.54) is 11.3 Å². The molecule has 7 nitrogen and oxygen atoms in total. The number of azo groups is 1. The van der Waals surface area contributed by atoms with E-state index >= 15 is 0 Å². The highest BCUT2D eigenvalue weighted by Crippen LogP contribution is 2.33. The van der Waals surface area contributed by atoms with Crippen LogP contribution in [-0.2, 0) is 0 Å². The van der Waals surface area contributed by atoms with Crippen LogP contribution >= 0.6 is 22.9 Å². The molecule has 0 spiro atoms. The maximum Gasteiger partial charge on any atom is 0.231 e. The molecule has 30 heavy (non-hydrogen) atoms. The number of nitrogens with zero attached hydrogens (tertiary/aromatic N) is 6. The van der Waals surface area contributed by atoms with Crippen LogP contribution < -0.4 is 4.90 Å². The van der Waals surface area contributed by atoms with Crippen molar-refractivity contribution in [1.82, 2.24) is 15.0 Å². The van der Waals surface area contributed by atoms with Crippen LogP contribution in [0.2, 0.25) is 5.15 Å². The van der Waals surface area contributed by atoms with Crippen molar-refractivity contribution in [3.05, 3.63) is 64.4 Å². The zero-order valence-corrected chi connectivity index (χ0v) is 17.7. The minimum atomic E-state index is 0.265. The molecular formula is C21H16ClN7S. The van der Waals surface area contributed by atoms with E-state index in [-0.39, 0.29) is 5.15 Å². The summed E-state index contributed by atoms with van der Waals surface area (Å²) in [5, 5.41) is 18.6. The third-order valence-electron chi connectivity index (χ3n) is 4.26. The Kier molecular flexibility index (Phi) is 5.57. The topological polar surface area (TPSA) is 93.3 Å². The van der Waals surface area contributed by atoms with Crippen LogP contribution in [0.3, 0.4) is 0 Å². The molecule has 2 aromatic heterocycles. The molecule has 148 valence electrons. The quantitative estimate of drug-likeness (QED) is 0.298. The Morgan fingerprint density at radius 1 is 1.13 bits per heavy atom. The van der Waals surface area contributed by atoms with Crippen molar-refractivity contribution in [3.63, 3.8) is 0 Å². The monoisotopic (exact) mass is 433 g/mol. The molecule has 0 saturated carbocycles. The number of aromatic amines is 1. The molecule has 9 heteroatoms. The Bertz CT molecular complexity index is 1260. The van der Waals surface area contributed by atoms with Crippen molar-refractivity contribution in [2.24, 2.45) is 10.2 Å². The Hall–Kier alpha value is -3.54. The van der Waals surface area contributed by atoms with Gasteiger partial charge in [0.25, 0.3) is 0 Å². The second kappa shape index (κ2) is 8.45. The van der Waals surface area contributed by atoms with Gasteiger partial charge in [0.15, 0.2) is 0 Å². The predicted octanol–water partition coefficient (Wildman–Crippen LogP) is 6.22. The number of nitriles is 1. The summed E-state index contributed by atoms with van der Waals surface area (Å²) in [5.74, 6) is 0.479. The van der Waals surface area contributed by atoms with Gasteiger partial charge in [-0.1, -0.05) is 35.1 Å². The summed E-state index contributed by atoms with van der Waals surface area (Å²) in [4.78, 5) is 14.5. The summed E-state index contributed by atoms with van der Waals surface area (Å²) in [6, 6.07) is 17.4. The van der Waals surface area contributed by atoms with Crippen LogP contribution in [0.25, 0.3) is 22.7 Å². The number of allylic oxidation sites excluding steroid dienone is 1. The van der Waals surface area contributed by atoms with E-state index < -0.39 is 0 Å². The third-order valence-corrected chi connectivity index (χ3v) is 5.54. The van der Waals surface area contributed by atoms with Gasteiger partial charge >= 0.3 is 0 Å².